The first-order valence-electron chi connectivity index (χ1n) is 41.9. The van der Waals surface area contributed by atoms with Crippen LogP contribution in [-0.4, -0.2) is 96.7 Å². The molecule has 0 aromatic carbocycles. The number of esters is 4. The summed E-state index contributed by atoms with van der Waals surface area (Å²) in [6, 6.07) is 0. The number of aliphatic hydroxyl groups is 1. The van der Waals surface area contributed by atoms with Gasteiger partial charge in [0.25, 0.3) is 0 Å². The molecule has 0 spiro atoms. The smallest absolute Gasteiger partial charge is 0.462 e. The second-order valence-corrected chi connectivity index (χ2v) is 33.3. The highest BCUT2D eigenvalue weighted by Gasteiger charge is 2.30. The summed E-state index contributed by atoms with van der Waals surface area (Å²) < 4.78 is 68.7. The molecule has 0 saturated carbocycles. The van der Waals surface area contributed by atoms with Crippen LogP contribution in [-0.2, 0) is 65.4 Å². The highest BCUT2D eigenvalue weighted by atomic mass is 31.2. The van der Waals surface area contributed by atoms with Crippen LogP contribution in [0.2, 0.25) is 0 Å². The molecule has 0 saturated heterocycles. The molecule has 0 aliphatic carbocycles. The number of phosphoric acid groups is 2. The van der Waals surface area contributed by atoms with Gasteiger partial charge in [-0.1, -0.05) is 370 Å². The topological polar surface area (TPSA) is 237 Å². The van der Waals surface area contributed by atoms with E-state index < -0.39 is 97.5 Å². The van der Waals surface area contributed by atoms with Crippen LogP contribution in [0, 0.1) is 17.8 Å². The largest absolute Gasteiger partial charge is 0.472 e. The minimum absolute atomic E-state index is 0.106. The molecule has 0 heterocycles. The number of ether oxygens (including phenoxy) is 4. The maximum atomic E-state index is 13.1. The molecule has 0 radical (unpaired) electrons. The molecular weight excluding hydrogens is 1310 g/mol. The number of hydrogen-bond donors (Lipinski definition) is 3. The minimum Gasteiger partial charge on any atom is -0.462 e. The Bertz CT molecular complexity index is 1940. The summed E-state index contributed by atoms with van der Waals surface area (Å²) in [7, 11) is -9.92. The number of phosphoric ester groups is 2. The Morgan fingerprint density at radius 2 is 0.510 bits per heavy atom. The molecule has 0 aromatic heterocycles. The number of unbranched alkanes of at least 4 members (excludes halogenated alkanes) is 46. The zero-order valence-corrected chi connectivity index (χ0v) is 67.5. The lowest BCUT2D eigenvalue weighted by atomic mass is 9.99. The van der Waals surface area contributed by atoms with Crippen molar-refractivity contribution in [2.75, 3.05) is 39.6 Å². The predicted octanol–water partition coefficient (Wildman–Crippen LogP) is 24.1. The van der Waals surface area contributed by atoms with Gasteiger partial charge in [-0.2, -0.15) is 0 Å². The molecule has 19 heteroatoms. The van der Waals surface area contributed by atoms with Crippen molar-refractivity contribution in [1.29, 1.82) is 0 Å². The zero-order chi connectivity index (χ0) is 73.7. The third-order valence-electron chi connectivity index (χ3n) is 19.2. The molecule has 0 rings (SSSR count). The number of carbonyl (C=O) groups excluding carboxylic acids is 4. The number of aliphatic hydroxyl groups excluding tert-OH is 1. The molecule has 100 heavy (non-hydrogen) atoms. The third-order valence-corrected chi connectivity index (χ3v) is 21.1. The molecule has 594 valence electrons. The second-order valence-electron chi connectivity index (χ2n) is 30.4. The van der Waals surface area contributed by atoms with Crippen LogP contribution in [0.4, 0.5) is 0 Å². The van der Waals surface area contributed by atoms with E-state index in [-0.39, 0.29) is 25.7 Å². The van der Waals surface area contributed by atoms with Crippen LogP contribution in [0.5, 0.6) is 0 Å². The Balaban J connectivity index is 5.26. The molecule has 0 aromatic rings. The van der Waals surface area contributed by atoms with E-state index in [1.54, 1.807) is 0 Å². The van der Waals surface area contributed by atoms with E-state index in [9.17, 15) is 43.2 Å². The van der Waals surface area contributed by atoms with Crippen molar-refractivity contribution in [2.24, 2.45) is 17.8 Å². The number of hydrogen-bond acceptors (Lipinski definition) is 15. The average Bonchev–Trinajstić information content (AvgIpc) is 0.932. The third kappa shape index (κ3) is 73.0. The molecule has 6 atom stereocenters. The summed E-state index contributed by atoms with van der Waals surface area (Å²) in [6.07, 6.45) is 59.6. The maximum Gasteiger partial charge on any atom is 0.472 e. The van der Waals surface area contributed by atoms with Gasteiger partial charge in [0.2, 0.25) is 0 Å². The first kappa shape index (κ1) is 98.1. The first-order valence-corrected chi connectivity index (χ1v) is 44.9. The van der Waals surface area contributed by atoms with E-state index in [1.165, 1.54) is 231 Å². The highest BCUT2D eigenvalue weighted by Crippen LogP contribution is 2.45. The van der Waals surface area contributed by atoms with Gasteiger partial charge in [-0.05, 0) is 43.4 Å². The quantitative estimate of drug-likeness (QED) is 0.0222. The lowest BCUT2D eigenvalue weighted by Crippen LogP contribution is -2.30. The normalized spacial score (nSPS) is 14.2. The van der Waals surface area contributed by atoms with E-state index in [4.69, 9.17) is 37.0 Å². The molecule has 17 nitrogen and oxygen atoms in total. The van der Waals surface area contributed by atoms with Crippen LogP contribution in [0.1, 0.15) is 421 Å². The van der Waals surface area contributed by atoms with Crippen molar-refractivity contribution in [3.05, 3.63) is 0 Å². The second kappa shape index (κ2) is 71.3. The summed E-state index contributed by atoms with van der Waals surface area (Å²) in [5.74, 6) is 0.221. The fourth-order valence-electron chi connectivity index (χ4n) is 12.5. The van der Waals surface area contributed by atoms with Gasteiger partial charge >= 0.3 is 39.5 Å². The fourth-order valence-corrected chi connectivity index (χ4v) is 14.0. The zero-order valence-electron chi connectivity index (χ0n) is 65.7. The van der Waals surface area contributed by atoms with Crippen molar-refractivity contribution in [3.63, 3.8) is 0 Å². The molecule has 0 bridgehead atoms. The predicted molar refractivity (Wildman–Crippen MR) is 409 cm³/mol. The van der Waals surface area contributed by atoms with Gasteiger partial charge < -0.3 is 33.8 Å². The molecule has 0 amide bonds. The van der Waals surface area contributed by atoms with Gasteiger partial charge in [-0.25, -0.2) is 9.13 Å². The Morgan fingerprint density at radius 1 is 0.290 bits per heavy atom. The summed E-state index contributed by atoms with van der Waals surface area (Å²) >= 11 is 0. The van der Waals surface area contributed by atoms with Crippen LogP contribution in [0.3, 0.4) is 0 Å². The van der Waals surface area contributed by atoms with Crippen molar-refractivity contribution in [3.8, 4) is 0 Å². The van der Waals surface area contributed by atoms with Crippen molar-refractivity contribution < 1.29 is 80.2 Å². The lowest BCUT2D eigenvalue weighted by molar-refractivity contribution is -0.161. The molecule has 0 aliphatic rings. The van der Waals surface area contributed by atoms with E-state index in [2.05, 4.69) is 48.5 Å². The SMILES string of the molecule is CCCCCCCCCCCCCCCCCCCC(=O)OC[C@H](COP(=O)(O)OC[C@@H](O)COP(=O)(O)OC[C@@H](COC(=O)CCCCCCCCCCC(C)CC)OC(=O)CCCCCCCCCCCCC(C)C)OC(=O)CCCCCCCCCCCCCCCCCC(C)C. The fraction of sp³-hybridized carbons (Fsp3) is 0.951. The Labute approximate surface area is 613 Å². The van der Waals surface area contributed by atoms with E-state index in [1.807, 2.05) is 0 Å². The standard InChI is InChI=1S/C81H158O17P2/c1-8-10-11-12-13-14-15-16-17-18-21-24-27-33-41-48-55-62-78(83)91-68-76(97-80(85)64-57-50-43-34-28-25-22-19-20-23-26-31-38-45-52-59-72(3)4)70-95-99(87,88)93-66-75(82)67-94-100(89,90)96-71-77(69-92-79(84)63-56-49-42-37-36-40-47-54-61-74(7)9-2)98-81(86)65-58-51-44-35-30-29-32-39-46-53-60-73(5)6/h72-77,82H,8-71H2,1-7H3,(H,87,88)(H,89,90)/t74?,75-,76-,77-/m1/s1. The van der Waals surface area contributed by atoms with Gasteiger partial charge in [0, 0.05) is 25.7 Å². The lowest BCUT2D eigenvalue weighted by Gasteiger charge is -2.21. The van der Waals surface area contributed by atoms with E-state index in [0.717, 1.165) is 108 Å². The maximum absolute atomic E-state index is 13.1. The van der Waals surface area contributed by atoms with Gasteiger partial charge in [0.1, 0.15) is 19.3 Å². The van der Waals surface area contributed by atoms with Crippen LogP contribution < -0.4 is 0 Å². The Morgan fingerprint density at radius 3 is 0.760 bits per heavy atom. The summed E-state index contributed by atoms with van der Waals surface area (Å²) in [4.78, 5) is 73.1. The number of rotatable bonds is 79. The van der Waals surface area contributed by atoms with Crippen molar-refractivity contribution in [1.82, 2.24) is 0 Å². The Hall–Kier alpha value is -1.94. The average molecular weight is 1470 g/mol. The van der Waals surface area contributed by atoms with Gasteiger partial charge in [-0.15, -0.1) is 0 Å². The summed E-state index contributed by atoms with van der Waals surface area (Å²) in [5, 5.41) is 10.6. The summed E-state index contributed by atoms with van der Waals surface area (Å²) in [6.45, 7) is 12.0. The molecule has 0 fully saturated rings. The van der Waals surface area contributed by atoms with Crippen molar-refractivity contribution >= 4 is 39.5 Å². The Kier molecular flexibility index (Phi) is 69.9. The van der Waals surface area contributed by atoms with E-state index in [0.29, 0.717) is 25.7 Å². The summed E-state index contributed by atoms with van der Waals surface area (Å²) in [5.41, 5.74) is 0. The van der Waals surface area contributed by atoms with Crippen LogP contribution in [0.15, 0.2) is 0 Å². The highest BCUT2D eigenvalue weighted by molar-refractivity contribution is 7.47. The molecular formula is C81H158O17P2. The molecule has 3 N–H and O–H groups in total. The van der Waals surface area contributed by atoms with Crippen LogP contribution >= 0.6 is 15.6 Å². The van der Waals surface area contributed by atoms with Crippen LogP contribution in [0.25, 0.3) is 0 Å². The van der Waals surface area contributed by atoms with Gasteiger partial charge in [0.05, 0.1) is 26.4 Å². The van der Waals surface area contributed by atoms with Gasteiger partial charge in [0.15, 0.2) is 12.2 Å². The monoisotopic (exact) mass is 1470 g/mol. The minimum atomic E-state index is -4.96. The van der Waals surface area contributed by atoms with Gasteiger partial charge in [-0.3, -0.25) is 37.3 Å². The van der Waals surface area contributed by atoms with E-state index >= 15 is 0 Å². The molecule has 3 unspecified atom stereocenters. The molecule has 0 aliphatic heterocycles. The number of carbonyl (C=O) groups is 4. The first-order chi connectivity index (χ1) is 48.3. The van der Waals surface area contributed by atoms with Crippen molar-refractivity contribution in [2.45, 2.75) is 439 Å².